The highest BCUT2D eigenvalue weighted by Gasteiger charge is 2.26. The fourth-order valence-electron chi connectivity index (χ4n) is 1.44. The fourth-order valence-corrected chi connectivity index (χ4v) is 1.44. The predicted octanol–water partition coefficient (Wildman–Crippen LogP) is 0.784. The first-order valence-electron chi connectivity index (χ1n) is 4.28. The molecule has 1 aromatic rings. The second-order valence-electron chi connectivity index (χ2n) is 3.34. The van der Waals surface area contributed by atoms with Crippen molar-refractivity contribution < 1.29 is 0 Å². The lowest BCUT2D eigenvalue weighted by molar-refractivity contribution is 0.840. The molecule has 4 nitrogen and oxygen atoms in total. The summed E-state index contributed by atoms with van der Waals surface area (Å²) in [4.78, 5) is 8.81. The van der Waals surface area contributed by atoms with Gasteiger partial charge in [0.25, 0.3) is 0 Å². The lowest BCUT2D eigenvalue weighted by atomic mass is 10.3. The van der Waals surface area contributed by atoms with Crippen LogP contribution in [0.2, 0.25) is 0 Å². The molecular weight excluding hydrogens is 152 g/mol. The summed E-state index contributed by atoms with van der Waals surface area (Å²) in [5.74, 6) is 1.60. The molecule has 0 radical (unpaired) electrons. The van der Waals surface area contributed by atoms with Gasteiger partial charge in [0.05, 0.1) is 17.9 Å². The van der Waals surface area contributed by atoms with E-state index in [9.17, 15) is 0 Å². The average molecular weight is 162 g/mol. The number of nitrogens with one attached hydrogen (secondary N) is 2. The first kappa shape index (κ1) is 6.37. The Kier molecular flexibility index (Phi) is 1.15. The number of nitrogens with zero attached hydrogens (tertiary/aromatic N) is 2. The van der Waals surface area contributed by atoms with E-state index in [0.717, 1.165) is 23.8 Å². The van der Waals surface area contributed by atoms with E-state index in [1.54, 1.807) is 0 Å². The van der Waals surface area contributed by atoms with Crippen molar-refractivity contribution >= 4 is 5.82 Å². The van der Waals surface area contributed by atoms with E-state index in [-0.39, 0.29) is 0 Å². The quantitative estimate of drug-likeness (QED) is 0.640. The zero-order valence-corrected chi connectivity index (χ0v) is 6.67. The minimum atomic E-state index is 0.685. The van der Waals surface area contributed by atoms with Gasteiger partial charge in [-0.1, -0.05) is 0 Å². The second kappa shape index (κ2) is 2.17. The van der Waals surface area contributed by atoms with E-state index in [0.29, 0.717) is 5.92 Å². The monoisotopic (exact) mass is 162 g/mol. The Bertz CT molecular complexity index is 319. The standard InChI is InChI=1S/C8H10N4/c1-2-5(1)6-3-9-7-4-10-12-8(7)11-6/h3,5,10H,1-2,4H2,(H,11,12). The van der Waals surface area contributed by atoms with Gasteiger partial charge in [-0.3, -0.25) is 4.98 Å². The average Bonchev–Trinajstić information content (AvgIpc) is 2.84. The first-order valence-corrected chi connectivity index (χ1v) is 4.28. The van der Waals surface area contributed by atoms with E-state index in [2.05, 4.69) is 20.8 Å². The third-order valence-electron chi connectivity index (χ3n) is 2.33. The predicted molar refractivity (Wildman–Crippen MR) is 44.5 cm³/mol. The molecule has 0 bridgehead atoms. The summed E-state index contributed by atoms with van der Waals surface area (Å²) < 4.78 is 0. The Morgan fingerprint density at radius 2 is 2.33 bits per heavy atom. The molecule has 2 aliphatic rings. The van der Waals surface area contributed by atoms with Gasteiger partial charge in [0, 0.05) is 12.1 Å². The highest BCUT2D eigenvalue weighted by atomic mass is 15.4. The molecule has 1 aliphatic carbocycles. The summed E-state index contributed by atoms with van der Waals surface area (Å²) in [6.45, 7) is 0.785. The van der Waals surface area contributed by atoms with Crippen LogP contribution in [-0.2, 0) is 6.54 Å². The zero-order chi connectivity index (χ0) is 7.97. The molecule has 1 aromatic heterocycles. The summed E-state index contributed by atoms with van der Waals surface area (Å²) in [6.07, 6.45) is 4.47. The van der Waals surface area contributed by atoms with Crippen LogP contribution in [0.15, 0.2) is 6.20 Å². The van der Waals surface area contributed by atoms with Gasteiger partial charge in [0.1, 0.15) is 0 Å². The third-order valence-corrected chi connectivity index (χ3v) is 2.33. The lowest BCUT2D eigenvalue weighted by Crippen LogP contribution is -2.11. The number of hydrogen-bond acceptors (Lipinski definition) is 4. The van der Waals surface area contributed by atoms with Crippen molar-refractivity contribution in [3.63, 3.8) is 0 Å². The van der Waals surface area contributed by atoms with Crippen molar-refractivity contribution in [3.8, 4) is 0 Å². The van der Waals surface area contributed by atoms with Crippen molar-refractivity contribution in [2.24, 2.45) is 0 Å². The largest absolute Gasteiger partial charge is 0.304 e. The molecule has 0 unspecified atom stereocenters. The molecule has 12 heavy (non-hydrogen) atoms. The minimum absolute atomic E-state index is 0.685. The highest BCUT2D eigenvalue weighted by Crippen LogP contribution is 2.39. The van der Waals surface area contributed by atoms with Crippen molar-refractivity contribution in [2.75, 3.05) is 5.43 Å². The summed E-state index contributed by atoms with van der Waals surface area (Å²) in [5, 5.41) is 0. The van der Waals surface area contributed by atoms with Gasteiger partial charge in [0.2, 0.25) is 0 Å². The van der Waals surface area contributed by atoms with E-state index < -0.39 is 0 Å². The number of hydrazine groups is 1. The second-order valence-corrected chi connectivity index (χ2v) is 3.34. The van der Waals surface area contributed by atoms with E-state index in [1.807, 2.05) is 6.20 Å². The molecular formula is C8H10N4. The van der Waals surface area contributed by atoms with Crippen molar-refractivity contribution in [1.82, 2.24) is 15.4 Å². The minimum Gasteiger partial charge on any atom is -0.304 e. The van der Waals surface area contributed by atoms with Crippen LogP contribution in [-0.4, -0.2) is 9.97 Å². The maximum Gasteiger partial charge on any atom is 0.163 e. The molecule has 0 aromatic carbocycles. The Morgan fingerprint density at radius 1 is 1.42 bits per heavy atom. The first-order chi connectivity index (χ1) is 5.93. The van der Waals surface area contributed by atoms with Crippen molar-refractivity contribution in [3.05, 3.63) is 17.6 Å². The van der Waals surface area contributed by atoms with Gasteiger partial charge in [-0.15, -0.1) is 0 Å². The number of rotatable bonds is 1. The molecule has 1 fully saturated rings. The van der Waals surface area contributed by atoms with Crippen LogP contribution in [0.1, 0.15) is 30.1 Å². The van der Waals surface area contributed by atoms with Crippen LogP contribution in [0.5, 0.6) is 0 Å². The molecule has 0 amide bonds. The lowest BCUT2D eigenvalue weighted by Gasteiger charge is -1.99. The normalized spacial score (nSPS) is 20.3. The van der Waals surface area contributed by atoms with Crippen LogP contribution in [0.25, 0.3) is 0 Å². The molecule has 3 rings (SSSR count). The van der Waals surface area contributed by atoms with Gasteiger partial charge < -0.3 is 5.43 Å². The maximum atomic E-state index is 4.48. The van der Waals surface area contributed by atoms with Gasteiger partial charge in [-0.25, -0.2) is 10.4 Å². The fraction of sp³-hybridized carbons (Fsp3) is 0.500. The third kappa shape index (κ3) is 0.881. The van der Waals surface area contributed by atoms with Crippen molar-refractivity contribution in [1.29, 1.82) is 0 Å². The molecule has 1 saturated carbocycles. The van der Waals surface area contributed by atoms with Crippen LogP contribution < -0.4 is 10.9 Å². The smallest absolute Gasteiger partial charge is 0.163 e. The van der Waals surface area contributed by atoms with Crippen LogP contribution in [0.3, 0.4) is 0 Å². The molecule has 2 N–H and O–H groups in total. The molecule has 62 valence electrons. The van der Waals surface area contributed by atoms with Gasteiger partial charge in [-0.2, -0.15) is 0 Å². The molecule has 2 heterocycles. The van der Waals surface area contributed by atoms with Crippen LogP contribution in [0.4, 0.5) is 5.82 Å². The SMILES string of the molecule is c1nc2c(nc1C1CC1)NNC2. The van der Waals surface area contributed by atoms with Gasteiger partial charge >= 0.3 is 0 Å². The summed E-state index contributed by atoms with van der Waals surface area (Å²) in [6, 6.07) is 0. The molecule has 1 aliphatic heterocycles. The highest BCUT2D eigenvalue weighted by molar-refractivity contribution is 5.43. The number of fused-ring (bicyclic) bond motifs is 1. The molecule has 0 atom stereocenters. The van der Waals surface area contributed by atoms with Crippen molar-refractivity contribution in [2.45, 2.75) is 25.3 Å². The topological polar surface area (TPSA) is 49.8 Å². The van der Waals surface area contributed by atoms with Crippen LogP contribution >= 0.6 is 0 Å². The summed E-state index contributed by atoms with van der Waals surface area (Å²) >= 11 is 0. The number of hydrogen-bond donors (Lipinski definition) is 2. The van der Waals surface area contributed by atoms with Gasteiger partial charge in [0.15, 0.2) is 5.82 Å². The Morgan fingerprint density at radius 3 is 3.17 bits per heavy atom. The maximum absolute atomic E-state index is 4.48. The van der Waals surface area contributed by atoms with E-state index in [4.69, 9.17) is 0 Å². The molecule has 0 saturated heterocycles. The number of aromatic nitrogens is 2. The Labute approximate surface area is 70.4 Å². The summed E-state index contributed by atoms with van der Waals surface area (Å²) in [7, 11) is 0. The summed E-state index contributed by atoms with van der Waals surface area (Å²) in [5.41, 5.74) is 8.17. The van der Waals surface area contributed by atoms with E-state index >= 15 is 0 Å². The zero-order valence-electron chi connectivity index (χ0n) is 6.67. The van der Waals surface area contributed by atoms with E-state index in [1.165, 1.54) is 12.8 Å². The molecule has 4 heteroatoms. The molecule has 0 spiro atoms. The van der Waals surface area contributed by atoms with Crippen LogP contribution in [0, 0.1) is 0 Å². The Balaban J connectivity index is 2.03. The van der Waals surface area contributed by atoms with Gasteiger partial charge in [-0.05, 0) is 12.8 Å². The Hall–Kier alpha value is -1.16. The number of anilines is 1.